The summed E-state index contributed by atoms with van der Waals surface area (Å²) in [4.78, 5) is 6.59. The lowest BCUT2D eigenvalue weighted by Gasteiger charge is -2.30. The topological polar surface area (TPSA) is 28.2 Å². The quantitative estimate of drug-likeness (QED) is 0.742. The predicted molar refractivity (Wildman–Crippen MR) is 82.1 cm³/mol. The van der Waals surface area contributed by atoms with Crippen molar-refractivity contribution in [2.24, 2.45) is 5.92 Å². The van der Waals surface area contributed by atoms with Crippen molar-refractivity contribution in [3.63, 3.8) is 0 Å². The molecule has 3 heteroatoms. The summed E-state index contributed by atoms with van der Waals surface area (Å²) < 4.78 is 0. The van der Waals surface area contributed by atoms with Crippen molar-refractivity contribution >= 4 is 0 Å². The standard InChI is InChI=1S/C16H29N3/c1-5-14(4)16(18-6-2)13-19(7-3)12-15-8-10-17-11-9-15/h8-11,14,16,18H,5-7,12-13H2,1-4H3. The molecular formula is C16H29N3. The molecular weight excluding hydrogens is 234 g/mol. The maximum absolute atomic E-state index is 4.08. The average Bonchev–Trinajstić information content (AvgIpc) is 2.46. The molecule has 1 rings (SSSR count). The molecule has 1 aromatic rings. The van der Waals surface area contributed by atoms with Gasteiger partial charge in [-0.2, -0.15) is 0 Å². The van der Waals surface area contributed by atoms with Crippen LogP contribution in [0.1, 0.15) is 39.7 Å². The molecule has 0 aliphatic rings. The van der Waals surface area contributed by atoms with Gasteiger partial charge in [0.25, 0.3) is 0 Å². The Balaban J connectivity index is 2.58. The van der Waals surface area contributed by atoms with E-state index in [1.807, 2.05) is 12.4 Å². The second-order valence-electron chi connectivity index (χ2n) is 5.23. The van der Waals surface area contributed by atoms with Gasteiger partial charge >= 0.3 is 0 Å². The van der Waals surface area contributed by atoms with E-state index in [1.165, 1.54) is 12.0 Å². The van der Waals surface area contributed by atoms with E-state index < -0.39 is 0 Å². The SMILES string of the molecule is CCNC(CN(CC)Cc1ccncc1)C(C)CC. The number of pyridine rings is 1. The Kier molecular flexibility index (Phi) is 7.68. The second kappa shape index (κ2) is 9.05. The third kappa shape index (κ3) is 5.70. The fourth-order valence-electron chi connectivity index (χ4n) is 2.32. The lowest BCUT2D eigenvalue weighted by molar-refractivity contribution is 0.213. The molecule has 2 unspecified atom stereocenters. The van der Waals surface area contributed by atoms with Gasteiger partial charge in [0.2, 0.25) is 0 Å². The minimum atomic E-state index is 0.580. The largest absolute Gasteiger partial charge is 0.313 e. The summed E-state index contributed by atoms with van der Waals surface area (Å²) in [5.74, 6) is 0.714. The van der Waals surface area contributed by atoms with E-state index in [9.17, 15) is 0 Å². The Morgan fingerprint density at radius 3 is 2.42 bits per heavy atom. The first-order chi connectivity index (χ1) is 9.21. The Morgan fingerprint density at radius 2 is 1.89 bits per heavy atom. The highest BCUT2D eigenvalue weighted by Gasteiger charge is 2.17. The minimum absolute atomic E-state index is 0.580. The van der Waals surface area contributed by atoms with Crippen LogP contribution in [0.25, 0.3) is 0 Å². The van der Waals surface area contributed by atoms with Crippen LogP contribution in [0.15, 0.2) is 24.5 Å². The van der Waals surface area contributed by atoms with Crippen LogP contribution in [0, 0.1) is 5.92 Å². The molecule has 0 radical (unpaired) electrons. The molecule has 0 aliphatic carbocycles. The first-order valence-corrected chi connectivity index (χ1v) is 7.55. The third-order valence-electron chi connectivity index (χ3n) is 3.85. The van der Waals surface area contributed by atoms with Crippen molar-refractivity contribution in [3.8, 4) is 0 Å². The zero-order chi connectivity index (χ0) is 14.1. The molecule has 19 heavy (non-hydrogen) atoms. The van der Waals surface area contributed by atoms with Gasteiger partial charge in [-0.05, 0) is 36.7 Å². The van der Waals surface area contributed by atoms with Gasteiger partial charge in [-0.15, -0.1) is 0 Å². The van der Waals surface area contributed by atoms with Gasteiger partial charge in [-0.25, -0.2) is 0 Å². The Morgan fingerprint density at radius 1 is 1.21 bits per heavy atom. The number of hydrogen-bond acceptors (Lipinski definition) is 3. The highest BCUT2D eigenvalue weighted by Crippen LogP contribution is 2.11. The Bertz CT molecular complexity index is 326. The molecule has 0 spiro atoms. The molecule has 1 N–H and O–H groups in total. The fraction of sp³-hybridized carbons (Fsp3) is 0.688. The van der Waals surface area contributed by atoms with E-state index in [-0.39, 0.29) is 0 Å². The predicted octanol–water partition coefficient (Wildman–Crippen LogP) is 2.93. The minimum Gasteiger partial charge on any atom is -0.313 e. The van der Waals surface area contributed by atoms with Crippen LogP contribution in [-0.2, 0) is 6.54 Å². The van der Waals surface area contributed by atoms with Gasteiger partial charge in [0.15, 0.2) is 0 Å². The van der Waals surface area contributed by atoms with Crippen molar-refractivity contribution in [1.82, 2.24) is 15.2 Å². The van der Waals surface area contributed by atoms with E-state index >= 15 is 0 Å². The lowest BCUT2D eigenvalue weighted by Crippen LogP contribution is -2.44. The lowest BCUT2D eigenvalue weighted by atomic mass is 9.98. The van der Waals surface area contributed by atoms with Gasteiger partial charge in [0.05, 0.1) is 0 Å². The van der Waals surface area contributed by atoms with Crippen LogP contribution in [0.5, 0.6) is 0 Å². The van der Waals surface area contributed by atoms with Gasteiger partial charge < -0.3 is 5.32 Å². The second-order valence-corrected chi connectivity index (χ2v) is 5.23. The van der Waals surface area contributed by atoms with Crippen molar-refractivity contribution < 1.29 is 0 Å². The molecule has 1 aromatic heterocycles. The van der Waals surface area contributed by atoms with E-state index in [0.29, 0.717) is 12.0 Å². The monoisotopic (exact) mass is 263 g/mol. The zero-order valence-corrected chi connectivity index (χ0v) is 12.9. The number of nitrogens with one attached hydrogen (secondary N) is 1. The summed E-state index contributed by atoms with van der Waals surface area (Å²) in [5, 5.41) is 3.63. The van der Waals surface area contributed by atoms with Crippen LogP contribution in [-0.4, -0.2) is 35.6 Å². The summed E-state index contributed by atoms with van der Waals surface area (Å²) >= 11 is 0. The smallest absolute Gasteiger partial charge is 0.0271 e. The summed E-state index contributed by atoms with van der Waals surface area (Å²) in [7, 11) is 0. The third-order valence-corrected chi connectivity index (χ3v) is 3.85. The van der Waals surface area contributed by atoms with Crippen molar-refractivity contribution in [2.75, 3.05) is 19.6 Å². The summed E-state index contributed by atoms with van der Waals surface area (Å²) in [6.07, 6.45) is 4.98. The van der Waals surface area contributed by atoms with Gasteiger partial charge in [-0.3, -0.25) is 9.88 Å². The van der Waals surface area contributed by atoms with Crippen LogP contribution in [0.2, 0.25) is 0 Å². The maximum atomic E-state index is 4.08. The summed E-state index contributed by atoms with van der Waals surface area (Å²) in [6, 6.07) is 4.79. The van der Waals surface area contributed by atoms with Gasteiger partial charge in [0, 0.05) is 31.5 Å². The number of likely N-dealkylation sites (N-methyl/N-ethyl adjacent to an activating group) is 2. The van der Waals surface area contributed by atoms with Gasteiger partial charge in [-0.1, -0.05) is 34.1 Å². The molecule has 0 saturated carbocycles. The molecule has 0 bridgehead atoms. The first kappa shape index (κ1) is 16.1. The number of aromatic nitrogens is 1. The Hall–Kier alpha value is -0.930. The fourth-order valence-corrected chi connectivity index (χ4v) is 2.32. The summed E-state index contributed by atoms with van der Waals surface area (Å²) in [6.45, 7) is 13.3. The number of hydrogen-bond donors (Lipinski definition) is 1. The molecule has 0 amide bonds. The summed E-state index contributed by atoms with van der Waals surface area (Å²) in [5.41, 5.74) is 1.34. The van der Waals surface area contributed by atoms with E-state index in [0.717, 1.165) is 26.2 Å². The molecule has 2 atom stereocenters. The average molecular weight is 263 g/mol. The van der Waals surface area contributed by atoms with Crippen molar-refractivity contribution in [3.05, 3.63) is 30.1 Å². The van der Waals surface area contributed by atoms with Crippen molar-refractivity contribution in [2.45, 2.75) is 46.7 Å². The van der Waals surface area contributed by atoms with Crippen LogP contribution in [0.4, 0.5) is 0 Å². The molecule has 0 fully saturated rings. The normalized spacial score (nSPS) is 14.6. The maximum Gasteiger partial charge on any atom is 0.0271 e. The molecule has 0 aromatic carbocycles. The Labute approximate surface area is 118 Å². The van der Waals surface area contributed by atoms with E-state index in [1.54, 1.807) is 0 Å². The van der Waals surface area contributed by atoms with Crippen molar-refractivity contribution in [1.29, 1.82) is 0 Å². The molecule has 0 saturated heterocycles. The molecule has 3 nitrogen and oxygen atoms in total. The number of rotatable bonds is 9. The van der Waals surface area contributed by atoms with Crippen LogP contribution >= 0.6 is 0 Å². The van der Waals surface area contributed by atoms with Crippen LogP contribution < -0.4 is 5.32 Å². The molecule has 0 aliphatic heterocycles. The molecule has 108 valence electrons. The molecule has 1 heterocycles. The van der Waals surface area contributed by atoms with Gasteiger partial charge in [0.1, 0.15) is 0 Å². The van der Waals surface area contributed by atoms with E-state index in [2.05, 4.69) is 55.0 Å². The highest BCUT2D eigenvalue weighted by atomic mass is 15.1. The highest BCUT2D eigenvalue weighted by molar-refractivity contribution is 5.09. The van der Waals surface area contributed by atoms with Crippen LogP contribution in [0.3, 0.4) is 0 Å². The number of nitrogens with zero attached hydrogens (tertiary/aromatic N) is 2. The first-order valence-electron chi connectivity index (χ1n) is 7.55. The zero-order valence-electron chi connectivity index (χ0n) is 12.9. The van der Waals surface area contributed by atoms with E-state index in [4.69, 9.17) is 0 Å².